The van der Waals surface area contributed by atoms with E-state index in [1.807, 2.05) is 23.5 Å². The first kappa shape index (κ1) is 10.4. The molecule has 1 heterocycles. The van der Waals surface area contributed by atoms with Gasteiger partial charge in [-0.05, 0) is 24.8 Å². The van der Waals surface area contributed by atoms with Gasteiger partial charge in [0, 0.05) is 11.9 Å². The Bertz CT molecular complexity index is 268. The molecule has 12 heavy (non-hydrogen) atoms. The first-order valence-electron chi connectivity index (χ1n) is 3.56. The Labute approximate surface area is 86.7 Å². The van der Waals surface area contributed by atoms with Crippen molar-refractivity contribution in [1.82, 2.24) is 4.57 Å². The standard InChI is InChI=1S/C8H13NS3/c1-9-7(11-3)5-6(10-2)8(9)12-4/h5H,1-4H3. The van der Waals surface area contributed by atoms with Crippen LogP contribution < -0.4 is 0 Å². The van der Waals surface area contributed by atoms with Gasteiger partial charge in [0.1, 0.15) is 0 Å². The van der Waals surface area contributed by atoms with Crippen LogP contribution in [0.3, 0.4) is 0 Å². The fourth-order valence-electron chi connectivity index (χ4n) is 1.12. The third-order valence-electron chi connectivity index (χ3n) is 1.72. The molecular formula is C8H13NS3. The van der Waals surface area contributed by atoms with Gasteiger partial charge in [0.2, 0.25) is 0 Å². The molecule has 68 valence electrons. The quantitative estimate of drug-likeness (QED) is 0.720. The molecule has 0 saturated heterocycles. The predicted octanol–water partition coefficient (Wildman–Crippen LogP) is 3.19. The van der Waals surface area contributed by atoms with E-state index in [2.05, 4.69) is 36.4 Å². The van der Waals surface area contributed by atoms with Gasteiger partial charge in [-0.3, -0.25) is 0 Å². The number of hydrogen-bond acceptors (Lipinski definition) is 3. The van der Waals surface area contributed by atoms with E-state index in [9.17, 15) is 0 Å². The molecule has 1 nitrogen and oxygen atoms in total. The third kappa shape index (κ3) is 1.80. The van der Waals surface area contributed by atoms with Crippen LogP contribution in [-0.4, -0.2) is 23.3 Å². The Morgan fingerprint density at radius 2 is 1.75 bits per heavy atom. The molecule has 0 atom stereocenters. The van der Waals surface area contributed by atoms with E-state index in [4.69, 9.17) is 0 Å². The Balaban J connectivity index is 3.13. The van der Waals surface area contributed by atoms with Gasteiger partial charge in [-0.15, -0.1) is 35.3 Å². The van der Waals surface area contributed by atoms with Crippen molar-refractivity contribution in [3.63, 3.8) is 0 Å². The second-order valence-corrected chi connectivity index (χ2v) is 4.79. The van der Waals surface area contributed by atoms with Crippen LogP contribution in [0.1, 0.15) is 0 Å². The Morgan fingerprint density at radius 3 is 2.08 bits per heavy atom. The van der Waals surface area contributed by atoms with Crippen LogP contribution in [0.5, 0.6) is 0 Å². The average molecular weight is 219 g/mol. The zero-order chi connectivity index (χ0) is 9.14. The monoisotopic (exact) mass is 219 g/mol. The molecule has 0 spiro atoms. The topological polar surface area (TPSA) is 4.93 Å². The Morgan fingerprint density at radius 1 is 1.08 bits per heavy atom. The number of hydrogen-bond donors (Lipinski definition) is 0. The van der Waals surface area contributed by atoms with Gasteiger partial charge in [-0.25, -0.2) is 0 Å². The van der Waals surface area contributed by atoms with Crippen LogP contribution in [0.15, 0.2) is 21.0 Å². The molecule has 0 radical (unpaired) electrons. The lowest BCUT2D eigenvalue weighted by molar-refractivity contribution is 0.740. The lowest BCUT2D eigenvalue weighted by atomic mass is 10.7. The van der Waals surface area contributed by atoms with Crippen LogP contribution in [0, 0.1) is 0 Å². The van der Waals surface area contributed by atoms with Crippen molar-refractivity contribution in [2.45, 2.75) is 14.9 Å². The molecule has 0 N–H and O–H groups in total. The smallest absolute Gasteiger partial charge is 0.0889 e. The molecule has 0 fully saturated rings. The van der Waals surface area contributed by atoms with Crippen molar-refractivity contribution in [3.05, 3.63) is 6.07 Å². The lowest BCUT2D eigenvalue weighted by Gasteiger charge is -2.03. The molecule has 0 unspecified atom stereocenters. The first-order valence-corrected chi connectivity index (χ1v) is 7.23. The normalized spacial score (nSPS) is 10.7. The summed E-state index contributed by atoms with van der Waals surface area (Å²) in [6.45, 7) is 0. The minimum Gasteiger partial charge on any atom is -0.333 e. The Kier molecular flexibility index (Phi) is 3.93. The summed E-state index contributed by atoms with van der Waals surface area (Å²) in [7, 11) is 2.12. The van der Waals surface area contributed by atoms with E-state index < -0.39 is 0 Å². The Hall–Kier alpha value is 0.330. The second-order valence-electron chi connectivity index (χ2n) is 2.32. The predicted molar refractivity (Wildman–Crippen MR) is 60.8 cm³/mol. The van der Waals surface area contributed by atoms with E-state index in [1.165, 1.54) is 14.9 Å². The van der Waals surface area contributed by atoms with Crippen molar-refractivity contribution >= 4 is 35.3 Å². The van der Waals surface area contributed by atoms with Gasteiger partial charge in [0.05, 0.1) is 10.1 Å². The van der Waals surface area contributed by atoms with E-state index in [0.29, 0.717) is 0 Å². The minimum absolute atomic E-state index is 1.34. The zero-order valence-electron chi connectivity index (χ0n) is 7.75. The molecule has 0 aliphatic rings. The molecule has 0 saturated carbocycles. The van der Waals surface area contributed by atoms with Crippen LogP contribution >= 0.6 is 35.3 Å². The van der Waals surface area contributed by atoms with Crippen molar-refractivity contribution in [1.29, 1.82) is 0 Å². The molecule has 4 heteroatoms. The molecule has 1 aromatic heterocycles. The SMILES string of the molecule is CSc1cc(SC)n(C)c1SC. The molecule has 1 aromatic rings. The highest BCUT2D eigenvalue weighted by molar-refractivity contribution is 8.01. The molecule has 0 aliphatic heterocycles. The van der Waals surface area contributed by atoms with Gasteiger partial charge >= 0.3 is 0 Å². The summed E-state index contributed by atoms with van der Waals surface area (Å²) in [5.74, 6) is 0. The van der Waals surface area contributed by atoms with Crippen molar-refractivity contribution in [3.8, 4) is 0 Å². The van der Waals surface area contributed by atoms with Crippen molar-refractivity contribution in [2.24, 2.45) is 7.05 Å². The lowest BCUT2D eigenvalue weighted by Crippen LogP contribution is -1.90. The zero-order valence-corrected chi connectivity index (χ0v) is 10.2. The maximum absolute atomic E-state index is 2.25. The average Bonchev–Trinajstić information content (AvgIpc) is 2.41. The van der Waals surface area contributed by atoms with Crippen LogP contribution in [0.2, 0.25) is 0 Å². The fraction of sp³-hybridized carbons (Fsp3) is 0.500. The van der Waals surface area contributed by atoms with Gasteiger partial charge < -0.3 is 4.57 Å². The third-order valence-corrected chi connectivity index (χ3v) is 4.29. The highest BCUT2D eigenvalue weighted by Gasteiger charge is 2.09. The van der Waals surface area contributed by atoms with Gasteiger partial charge in [0.15, 0.2) is 0 Å². The van der Waals surface area contributed by atoms with E-state index in [1.54, 1.807) is 11.8 Å². The molecule has 0 amide bonds. The first-order chi connectivity index (χ1) is 5.74. The molecule has 1 rings (SSSR count). The number of nitrogens with zero attached hydrogens (tertiary/aromatic N) is 1. The number of rotatable bonds is 3. The van der Waals surface area contributed by atoms with E-state index in [-0.39, 0.29) is 0 Å². The number of thioether (sulfide) groups is 3. The second kappa shape index (κ2) is 4.53. The summed E-state index contributed by atoms with van der Waals surface area (Å²) in [4.78, 5) is 1.38. The summed E-state index contributed by atoms with van der Waals surface area (Å²) >= 11 is 5.42. The van der Waals surface area contributed by atoms with Crippen molar-refractivity contribution in [2.75, 3.05) is 18.8 Å². The van der Waals surface area contributed by atoms with E-state index >= 15 is 0 Å². The maximum Gasteiger partial charge on any atom is 0.0889 e. The van der Waals surface area contributed by atoms with Crippen LogP contribution in [0.25, 0.3) is 0 Å². The summed E-state index contributed by atoms with van der Waals surface area (Å²) in [5, 5.41) is 2.70. The van der Waals surface area contributed by atoms with Crippen LogP contribution in [0.4, 0.5) is 0 Å². The van der Waals surface area contributed by atoms with Gasteiger partial charge in [-0.1, -0.05) is 0 Å². The minimum atomic E-state index is 1.34. The van der Waals surface area contributed by atoms with Crippen molar-refractivity contribution < 1.29 is 0 Å². The highest BCUT2D eigenvalue weighted by atomic mass is 32.2. The molecule has 0 bridgehead atoms. The van der Waals surface area contributed by atoms with Gasteiger partial charge in [0.25, 0.3) is 0 Å². The summed E-state index contributed by atoms with van der Waals surface area (Å²) in [6, 6.07) is 2.25. The largest absolute Gasteiger partial charge is 0.333 e. The fourth-order valence-corrected chi connectivity index (χ4v) is 3.52. The molecule has 0 aliphatic carbocycles. The van der Waals surface area contributed by atoms with Crippen LogP contribution in [-0.2, 0) is 7.05 Å². The van der Waals surface area contributed by atoms with Gasteiger partial charge in [-0.2, -0.15) is 0 Å². The molecule has 0 aromatic carbocycles. The summed E-state index contributed by atoms with van der Waals surface area (Å²) < 4.78 is 2.25. The summed E-state index contributed by atoms with van der Waals surface area (Å²) in [6.07, 6.45) is 6.36. The highest BCUT2D eigenvalue weighted by Crippen LogP contribution is 2.33. The summed E-state index contributed by atoms with van der Waals surface area (Å²) in [5.41, 5.74) is 0. The molecular weight excluding hydrogens is 206 g/mol. The number of aromatic nitrogens is 1. The maximum atomic E-state index is 2.25. The van der Waals surface area contributed by atoms with E-state index in [0.717, 1.165) is 0 Å².